The number of hydrogen-bond acceptors (Lipinski definition) is 2. The molecule has 0 amide bonds. The largest absolute Gasteiger partial charge is 0.240 e. The minimum atomic E-state index is -3.46. The van der Waals surface area contributed by atoms with Crippen LogP contribution in [0.1, 0.15) is 37.3 Å². The van der Waals surface area contributed by atoms with Crippen molar-refractivity contribution in [2.45, 2.75) is 50.0 Å². The summed E-state index contributed by atoms with van der Waals surface area (Å²) in [6, 6.07) is 5.23. The van der Waals surface area contributed by atoms with Gasteiger partial charge in [0.1, 0.15) is 0 Å². The molecule has 0 bridgehead atoms. The molecule has 4 heteroatoms. The van der Waals surface area contributed by atoms with E-state index in [4.69, 9.17) is 6.42 Å². The maximum atomic E-state index is 12.3. The molecule has 0 aliphatic heterocycles. The summed E-state index contributed by atoms with van der Waals surface area (Å²) in [7, 11) is -3.46. The van der Waals surface area contributed by atoms with Crippen LogP contribution in [0.15, 0.2) is 23.1 Å². The summed E-state index contributed by atoms with van der Waals surface area (Å²) in [6.45, 7) is 1.92. The summed E-state index contributed by atoms with van der Waals surface area (Å²) in [4.78, 5) is 0.351. The Morgan fingerprint density at radius 3 is 2.79 bits per heavy atom. The summed E-state index contributed by atoms with van der Waals surface area (Å²) in [5.41, 5.74) is 2.43. The molecule has 3 nitrogen and oxygen atoms in total. The van der Waals surface area contributed by atoms with Crippen molar-refractivity contribution < 1.29 is 8.42 Å². The van der Waals surface area contributed by atoms with Gasteiger partial charge in [-0.05, 0) is 48.9 Å². The lowest BCUT2D eigenvalue weighted by molar-refractivity contribution is 0.544. The molecule has 0 fully saturated rings. The Hall–Kier alpha value is -1.31. The number of rotatable bonds is 5. The van der Waals surface area contributed by atoms with Gasteiger partial charge >= 0.3 is 0 Å². The van der Waals surface area contributed by atoms with Crippen LogP contribution in [0.3, 0.4) is 0 Å². The standard InChI is InChI=1S/C15H19NO2S/c1-3-6-14(4-2)16-19(17,18)15-10-9-12-7-5-8-13(12)11-15/h1,9-11,14,16H,4-8H2,2H3. The van der Waals surface area contributed by atoms with Crippen LogP contribution in [0.4, 0.5) is 0 Å². The predicted octanol–water partition coefficient (Wildman–Crippen LogP) is 2.26. The quantitative estimate of drug-likeness (QED) is 0.839. The second-order valence-electron chi connectivity index (χ2n) is 4.92. The molecule has 1 unspecified atom stereocenters. The molecule has 0 saturated heterocycles. The number of hydrogen-bond donors (Lipinski definition) is 1. The van der Waals surface area contributed by atoms with Gasteiger partial charge in [0.15, 0.2) is 0 Å². The number of aryl methyl sites for hydroxylation is 2. The van der Waals surface area contributed by atoms with Crippen molar-refractivity contribution in [1.82, 2.24) is 4.72 Å². The first-order valence-corrected chi connectivity index (χ1v) is 8.12. The Morgan fingerprint density at radius 2 is 2.11 bits per heavy atom. The Labute approximate surface area is 115 Å². The second kappa shape index (κ2) is 5.77. The van der Waals surface area contributed by atoms with Crippen LogP contribution >= 0.6 is 0 Å². The van der Waals surface area contributed by atoms with Crippen molar-refractivity contribution >= 4 is 10.0 Å². The van der Waals surface area contributed by atoms with Gasteiger partial charge in [-0.1, -0.05) is 13.0 Å². The van der Waals surface area contributed by atoms with Crippen LogP contribution in [0.25, 0.3) is 0 Å². The fourth-order valence-corrected chi connectivity index (χ4v) is 3.78. The number of sulfonamides is 1. The van der Waals surface area contributed by atoms with Gasteiger partial charge in [0, 0.05) is 12.5 Å². The van der Waals surface area contributed by atoms with E-state index in [9.17, 15) is 8.42 Å². The smallest absolute Gasteiger partial charge is 0.207 e. The molecule has 2 rings (SSSR count). The SMILES string of the molecule is C#CCC(CC)NS(=O)(=O)c1ccc2c(c1)CCC2. The number of benzene rings is 1. The van der Waals surface area contributed by atoms with Crippen LogP contribution in [-0.4, -0.2) is 14.5 Å². The molecule has 0 radical (unpaired) electrons. The van der Waals surface area contributed by atoms with Crippen LogP contribution in [0.5, 0.6) is 0 Å². The zero-order valence-electron chi connectivity index (χ0n) is 11.1. The Balaban J connectivity index is 2.22. The van der Waals surface area contributed by atoms with Crippen molar-refractivity contribution in [2.24, 2.45) is 0 Å². The fraction of sp³-hybridized carbons (Fsp3) is 0.467. The van der Waals surface area contributed by atoms with E-state index in [0.717, 1.165) is 24.8 Å². The summed E-state index contributed by atoms with van der Waals surface area (Å²) in [5.74, 6) is 2.51. The first-order valence-electron chi connectivity index (χ1n) is 6.64. The Kier molecular flexibility index (Phi) is 4.28. The van der Waals surface area contributed by atoms with Crippen LogP contribution in [-0.2, 0) is 22.9 Å². The molecule has 1 aliphatic rings. The van der Waals surface area contributed by atoms with E-state index in [1.807, 2.05) is 13.0 Å². The van der Waals surface area contributed by atoms with Gasteiger partial charge in [-0.3, -0.25) is 0 Å². The van der Waals surface area contributed by atoms with Gasteiger partial charge in [-0.25, -0.2) is 13.1 Å². The molecule has 1 aromatic rings. The average molecular weight is 277 g/mol. The van der Waals surface area contributed by atoms with Gasteiger partial charge < -0.3 is 0 Å². The zero-order valence-corrected chi connectivity index (χ0v) is 12.0. The molecule has 102 valence electrons. The fourth-order valence-electron chi connectivity index (χ4n) is 2.41. The topological polar surface area (TPSA) is 46.2 Å². The highest BCUT2D eigenvalue weighted by Gasteiger charge is 2.20. The molecule has 0 aromatic heterocycles. The zero-order chi connectivity index (χ0) is 13.9. The van der Waals surface area contributed by atoms with E-state index in [2.05, 4.69) is 10.6 Å². The molecule has 1 aliphatic carbocycles. The predicted molar refractivity (Wildman–Crippen MR) is 76.3 cm³/mol. The third kappa shape index (κ3) is 3.17. The minimum absolute atomic E-state index is 0.191. The highest BCUT2D eigenvalue weighted by molar-refractivity contribution is 7.89. The number of nitrogens with one attached hydrogen (secondary N) is 1. The molecule has 19 heavy (non-hydrogen) atoms. The minimum Gasteiger partial charge on any atom is -0.207 e. The van der Waals surface area contributed by atoms with E-state index >= 15 is 0 Å². The lowest BCUT2D eigenvalue weighted by atomic mass is 10.1. The molecule has 0 saturated carbocycles. The first kappa shape index (κ1) is 14.1. The van der Waals surface area contributed by atoms with E-state index in [1.54, 1.807) is 12.1 Å². The maximum absolute atomic E-state index is 12.3. The lowest BCUT2D eigenvalue weighted by Crippen LogP contribution is -2.34. The molecule has 1 N–H and O–H groups in total. The summed E-state index contributed by atoms with van der Waals surface area (Å²) in [5, 5.41) is 0. The van der Waals surface area contributed by atoms with E-state index in [0.29, 0.717) is 17.7 Å². The van der Waals surface area contributed by atoms with Crippen LogP contribution in [0.2, 0.25) is 0 Å². The summed E-state index contributed by atoms with van der Waals surface area (Å²) < 4.78 is 27.3. The highest BCUT2D eigenvalue weighted by atomic mass is 32.2. The Morgan fingerprint density at radius 1 is 1.37 bits per heavy atom. The van der Waals surface area contributed by atoms with Crippen molar-refractivity contribution in [3.63, 3.8) is 0 Å². The molecular weight excluding hydrogens is 258 g/mol. The summed E-state index contributed by atoms with van der Waals surface area (Å²) >= 11 is 0. The molecule has 0 heterocycles. The number of fused-ring (bicyclic) bond motifs is 1. The van der Waals surface area contributed by atoms with Crippen molar-refractivity contribution in [3.8, 4) is 12.3 Å². The highest BCUT2D eigenvalue weighted by Crippen LogP contribution is 2.24. The number of terminal acetylenes is 1. The first-order chi connectivity index (χ1) is 9.06. The molecule has 1 aromatic carbocycles. The Bertz CT molecular complexity index is 599. The van der Waals surface area contributed by atoms with E-state index in [-0.39, 0.29) is 6.04 Å². The van der Waals surface area contributed by atoms with Crippen molar-refractivity contribution in [1.29, 1.82) is 0 Å². The van der Waals surface area contributed by atoms with Crippen molar-refractivity contribution in [3.05, 3.63) is 29.3 Å². The molecule has 1 atom stereocenters. The van der Waals surface area contributed by atoms with Gasteiger partial charge in [0.2, 0.25) is 10.0 Å². The second-order valence-corrected chi connectivity index (χ2v) is 6.63. The van der Waals surface area contributed by atoms with Gasteiger partial charge in [-0.15, -0.1) is 12.3 Å². The molecule has 0 spiro atoms. The van der Waals surface area contributed by atoms with Crippen molar-refractivity contribution in [2.75, 3.05) is 0 Å². The van der Waals surface area contributed by atoms with E-state index < -0.39 is 10.0 Å². The lowest BCUT2D eigenvalue weighted by Gasteiger charge is -2.15. The van der Waals surface area contributed by atoms with Crippen LogP contribution < -0.4 is 4.72 Å². The monoisotopic (exact) mass is 277 g/mol. The molecular formula is C15H19NO2S. The maximum Gasteiger partial charge on any atom is 0.240 e. The van der Waals surface area contributed by atoms with Crippen LogP contribution in [0, 0.1) is 12.3 Å². The van der Waals surface area contributed by atoms with E-state index in [1.165, 1.54) is 5.56 Å². The third-order valence-corrected chi connectivity index (χ3v) is 5.08. The average Bonchev–Trinajstić information content (AvgIpc) is 2.85. The van der Waals surface area contributed by atoms with Gasteiger partial charge in [0.05, 0.1) is 4.90 Å². The third-order valence-electron chi connectivity index (χ3n) is 3.56. The van der Waals surface area contributed by atoms with Gasteiger partial charge in [-0.2, -0.15) is 0 Å². The normalized spacial score (nSPS) is 15.8. The van der Waals surface area contributed by atoms with Gasteiger partial charge in [0.25, 0.3) is 0 Å². The summed E-state index contributed by atoms with van der Waals surface area (Å²) in [6.07, 6.45) is 9.50.